The van der Waals surface area contributed by atoms with Crippen LogP contribution >= 0.6 is 0 Å². The van der Waals surface area contributed by atoms with E-state index in [1.807, 2.05) is 79.2 Å². The highest BCUT2D eigenvalue weighted by molar-refractivity contribution is 5.77. The number of aromatic nitrogens is 3. The lowest BCUT2D eigenvalue weighted by atomic mass is 10.1. The number of para-hydroxylation sites is 2. The van der Waals surface area contributed by atoms with E-state index in [-0.39, 0.29) is 6.04 Å². The standard InChI is InChI=1S/C21H19N5/c1-15(17-12-8-13-18(22-17)16-9-4-3-5-10-16)24-25-21-23-19-11-6-7-14-20(19)26(21)2/h3-15H,1-2H3. The molecule has 0 N–H and O–H groups in total. The Hall–Kier alpha value is -3.34. The van der Waals surface area contributed by atoms with E-state index in [9.17, 15) is 0 Å². The molecule has 0 saturated carbocycles. The summed E-state index contributed by atoms with van der Waals surface area (Å²) < 4.78 is 1.94. The molecule has 0 spiro atoms. The van der Waals surface area contributed by atoms with E-state index in [0.29, 0.717) is 5.95 Å². The van der Waals surface area contributed by atoms with E-state index in [4.69, 9.17) is 4.98 Å². The normalized spacial score (nSPS) is 12.7. The Bertz CT molecular complexity index is 1070. The van der Waals surface area contributed by atoms with Gasteiger partial charge < -0.3 is 4.57 Å². The molecule has 26 heavy (non-hydrogen) atoms. The first-order chi connectivity index (χ1) is 12.7. The number of hydrogen-bond acceptors (Lipinski definition) is 4. The Morgan fingerprint density at radius 3 is 2.42 bits per heavy atom. The van der Waals surface area contributed by atoms with Gasteiger partial charge in [-0.25, -0.2) is 4.98 Å². The lowest BCUT2D eigenvalue weighted by Crippen LogP contribution is -1.95. The first-order valence-corrected chi connectivity index (χ1v) is 8.57. The van der Waals surface area contributed by atoms with Crippen LogP contribution in [-0.2, 0) is 7.05 Å². The fraction of sp³-hybridized carbons (Fsp3) is 0.143. The summed E-state index contributed by atoms with van der Waals surface area (Å²) in [5, 5.41) is 8.79. The summed E-state index contributed by atoms with van der Waals surface area (Å²) in [5.41, 5.74) is 4.87. The van der Waals surface area contributed by atoms with Gasteiger partial charge in [-0.2, -0.15) is 5.11 Å². The summed E-state index contributed by atoms with van der Waals surface area (Å²) in [6.07, 6.45) is 0. The predicted octanol–water partition coefficient (Wildman–Crippen LogP) is 5.48. The lowest BCUT2D eigenvalue weighted by Gasteiger charge is -2.07. The molecule has 2 aromatic heterocycles. The van der Waals surface area contributed by atoms with Crippen molar-refractivity contribution in [3.8, 4) is 11.3 Å². The van der Waals surface area contributed by atoms with E-state index in [1.54, 1.807) is 0 Å². The molecule has 0 aliphatic rings. The molecular weight excluding hydrogens is 322 g/mol. The third-order valence-corrected chi connectivity index (χ3v) is 4.35. The van der Waals surface area contributed by atoms with Crippen LogP contribution in [0, 0.1) is 0 Å². The molecule has 4 aromatic rings. The van der Waals surface area contributed by atoms with Gasteiger partial charge in [0.1, 0.15) is 6.04 Å². The maximum absolute atomic E-state index is 4.74. The number of azo groups is 1. The molecule has 0 aliphatic heterocycles. The van der Waals surface area contributed by atoms with Gasteiger partial charge in [-0.3, -0.25) is 4.98 Å². The summed E-state index contributed by atoms with van der Waals surface area (Å²) in [5.74, 6) is 0.595. The average Bonchev–Trinajstić information content (AvgIpc) is 3.03. The van der Waals surface area contributed by atoms with Crippen molar-refractivity contribution >= 4 is 17.0 Å². The maximum atomic E-state index is 4.74. The van der Waals surface area contributed by atoms with Crippen molar-refractivity contribution in [2.75, 3.05) is 0 Å². The number of fused-ring (bicyclic) bond motifs is 1. The highest BCUT2D eigenvalue weighted by Crippen LogP contribution is 2.24. The zero-order chi connectivity index (χ0) is 17.9. The molecule has 2 aromatic carbocycles. The Morgan fingerprint density at radius 1 is 0.846 bits per heavy atom. The Kier molecular flexibility index (Phi) is 4.27. The molecule has 0 amide bonds. The molecule has 0 bridgehead atoms. The number of nitrogens with zero attached hydrogens (tertiary/aromatic N) is 5. The third kappa shape index (κ3) is 3.11. The molecule has 0 fully saturated rings. The second kappa shape index (κ2) is 6.88. The fourth-order valence-corrected chi connectivity index (χ4v) is 2.87. The molecule has 5 nitrogen and oxygen atoms in total. The molecule has 4 rings (SSSR count). The molecule has 0 radical (unpaired) electrons. The summed E-state index contributed by atoms with van der Waals surface area (Å²) in [4.78, 5) is 9.26. The quantitative estimate of drug-likeness (QED) is 0.461. The van der Waals surface area contributed by atoms with Crippen LogP contribution in [0.15, 0.2) is 83.0 Å². The van der Waals surface area contributed by atoms with Crippen LogP contribution in [0.4, 0.5) is 5.95 Å². The molecule has 128 valence electrons. The van der Waals surface area contributed by atoms with Gasteiger partial charge in [-0.1, -0.05) is 48.5 Å². The van der Waals surface area contributed by atoms with Crippen LogP contribution in [0.3, 0.4) is 0 Å². The molecular formula is C21H19N5. The van der Waals surface area contributed by atoms with Crippen LogP contribution in [-0.4, -0.2) is 14.5 Å². The van der Waals surface area contributed by atoms with Gasteiger partial charge in [-0.05, 0) is 31.2 Å². The molecule has 1 atom stereocenters. The topological polar surface area (TPSA) is 55.4 Å². The molecule has 2 heterocycles. The molecule has 1 unspecified atom stereocenters. The van der Waals surface area contributed by atoms with Gasteiger partial charge in [0.25, 0.3) is 0 Å². The lowest BCUT2D eigenvalue weighted by molar-refractivity contribution is 0.724. The number of rotatable bonds is 4. The fourth-order valence-electron chi connectivity index (χ4n) is 2.87. The molecule has 0 aliphatic carbocycles. The van der Waals surface area contributed by atoms with Gasteiger partial charge in [0.05, 0.1) is 22.4 Å². The Morgan fingerprint density at radius 2 is 1.62 bits per heavy atom. The second-order valence-electron chi connectivity index (χ2n) is 6.16. The van der Waals surface area contributed by atoms with Crippen molar-refractivity contribution < 1.29 is 0 Å². The number of aryl methyl sites for hydroxylation is 1. The van der Waals surface area contributed by atoms with Gasteiger partial charge in [0.15, 0.2) is 0 Å². The SMILES string of the molecule is CC(N=Nc1nc2ccccc2n1C)c1cccc(-c2ccccc2)n1. The Labute approximate surface area is 152 Å². The molecule has 0 saturated heterocycles. The van der Waals surface area contributed by atoms with Crippen molar-refractivity contribution in [2.24, 2.45) is 17.3 Å². The van der Waals surface area contributed by atoms with Crippen molar-refractivity contribution in [3.63, 3.8) is 0 Å². The maximum Gasteiger partial charge on any atom is 0.249 e. The van der Waals surface area contributed by atoms with Gasteiger partial charge in [0, 0.05) is 12.6 Å². The largest absolute Gasteiger partial charge is 0.310 e. The van der Waals surface area contributed by atoms with Gasteiger partial charge in [0.2, 0.25) is 5.95 Å². The summed E-state index contributed by atoms with van der Waals surface area (Å²) in [7, 11) is 1.95. The Balaban J connectivity index is 1.60. The van der Waals surface area contributed by atoms with Crippen LogP contribution in [0.5, 0.6) is 0 Å². The van der Waals surface area contributed by atoms with Crippen LogP contribution in [0.2, 0.25) is 0 Å². The summed E-state index contributed by atoms with van der Waals surface area (Å²) in [6.45, 7) is 1.99. The van der Waals surface area contributed by atoms with Gasteiger partial charge in [-0.15, -0.1) is 5.11 Å². The first-order valence-electron chi connectivity index (χ1n) is 8.57. The minimum atomic E-state index is -0.154. The zero-order valence-electron chi connectivity index (χ0n) is 14.7. The van der Waals surface area contributed by atoms with Crippen molar-refractivity contribution in [1.29, 1.82) is 0 Å². The van der Waals surface area contributed by atoms with Crippen molar-refractivity contribution in [1.82, 2.24) is 14.5 Å². The van der Waals surface area contributed by atoms with Gasteiger partial charge >= 0.3 is 0 Å². The van der Waals surface area contributed by atoms with Crippen LogP contribution in [0.25, 0.3) is 22.3 Å². The minimum absolute atomic E-state index is 0.154. The minimum Gasteiger partial charge on any atom is -0.310 e. The van der Waals surface area contributed by atoms with Crippen molar-refractivity contribution in [2.45, 2.75) is 13.0 Å². The third-order valence-electron chi connectivity index (χ3n) is 4.35. The summed E-state index contributed by atoms with van der Waals surface area (Å²) >= 11 is 0. The number of pyridine rings is 1. The van der Waals surface area contributed by atoms with E-state index < -0.39 is 0 Å². The first kappa shape index (κ1) is 16.1. The number of imidazole rings is 1. The van der Waals surface area contributed by atoms with E-state index in [1.165, 1.54) is 0 Å². The zero-order valence-corrected chi connectivity index (χ0v) is 14.7. The number of benzene rings is 2. The second-order valence-corrected chi connectivity index (χ2v) is 6.16. The summed E-state index contributed by atoms with van der Waals surface area (Å²) in [6, 6.07) is 23.9. The van der Waals surface area contributed by atoms with Crippen LogP contribution in [0.1, 0.15) is 18.7 Å². The highest BCUT2D eigenvalue weighted by Gasteiger charge is 2.10. The smallest absolute Gasteiger partial charge is 0.249 e. The van der Waals surface area contributed by atoms with Crippen LogP contribution < -0.4 is 0 Å². The monoisotopic (exact) mass is 341 g/mol. The number of hydrogen-bond donors (Lipinski definition) is 0. The van der Waals surface area contributed by atoms with E-state index in [0.717, 1.165) is 28.0 Å². The van der Waals surface area contributed by atoms with Crippen molar-refractivity contribution in [3.05, 3.63) is 78.5 Å². The predicted molar refractivity (Wildman–Crippen MR) is 103 cm³/mol. The highest BCUT2D eigenvalue weighted by atomic mass is 15.3. The van der Waals surface area contributed by atoms with E-state index >= 15 is 0 Å². The average molecular weight is 341 g/mol. The van der Waals surface area contributed by atoms with E-state index in [2.05, 4.69) is 27.3 Å². The molecule has 5 heteroatoms.